The second-order valence-electron chi connectivity index (χ2n) is 10.0. The van der Waals surface area contributed by atoms with Gasteiger partial charge in [0.1, 0.15) is 5.75 Å². The first-order valence-electron chi connectivity index (χ1n) is 12.8. The summed E-state index contributed by atoms with van der Waals surface area (Å²) < 4.78 is 43.4. The molecule has 0 N–H and O–H groups in total. The van der Waals surface area contributed by atoms with Crippen molar-refractivity contribution in [2.45, 2.75) is 103 Å². The van der Waals surface area contributed by atoms with Gasteiger partial charge in [-0.3, -0.25) is 4.79 Å². The van der Waals surface area contributed by atoms with Crippen LogP contribution in [0.2, 0.25) is 0 Å². The van der Waals surface area contributed by atoms with Gasteiger partial charge in [0.25, 0.3) is 0 Å². The molecule has 0 saturated heterocycles. The summed E-state index contributed by atoms with van der Waals surface area (Å²) in [6.45, 7) is 2.26. The Morgan fingerprint density at radius 2 is 1.41 bits per heavy atom. The molecule has 1 aromatic carbocycles. The molecule has 2 aliphatic carbocycles. The smallest absolute Gasteiger partial charge is 0.416 e. The molecular formula is C27H39F3O2. The van der Waals surface area contributed by atoms with Crippen molar-refractivity contribution in [2.24, 2.45) is 23.7 Å². The largest absolute Gasteiger partial charge is 0.426 e. The molecule has 180 valence electrons. The Kier molecular flexibility index (Phi) is 9.48. The van der Waals surface area contributed by atoms with Crippen LogP contribution in [-0.4, -0.2) is 5.97 Å². The maximum atomic E-state index is 12.7. The summed E-state index contributed by atoms with van der Waals surface area (Å²) in [4.78, 5) is 12.5. The van der Waals surface area contributed by atoms with Crippen LogP contribution in [0.3, 0.4) is 0 Å². The zero-order chi connectivity index (χ0) is 23.0. The fourth-order valence-corrected chi connectivity index (χ4v) is 5.72. The van der Waals surface area contributed by atoms with E-state index in [0.29, 0.717) is 0 Å². The number of hydrogen-bond acceptors (Lipinski definition) is 2. The van der Waals surface area contributed by atoms with Gasteiger partial charge in [0.05, 0.1) is 11.5 Å². The highest BCUT2D eigenvalue weighted by atomic mass is 19.4. The van der Waals surface area contributed by atoms with Gasteiger partial charge in [-0.25, -0.2) is 0 Å². The van der Waals surface area contributed by atoms with Crippen LogP contribution in [0, 0.1) is 23.7 Å². The number of alkyl halides is 3. The minimum Gasteiger partial charge on any atom is -0.426 e. The lowest BCUT2D eigenvalue weighted by Gasteiger charge is -2.37. The molecule has 2 aliphatic rings. The van der Waals surface area contributed by atoms with E-state index in [1.807, 2.05) is 0 Å². The molecule has 0 bridgehead atoms. The molecule has 3 rings (SSSR count). The van der Waals surface area contributed by atoms with Gasteiger partial charge in [-0.15, -0.1) is 0 Å². The predicted octanol–water partition coefficient (Wildman–Crippen LogP) is 8.58. The lowest BCUT2D eigenvalue weighted by Crippen LogP contribution is -2.30. The van der Waals surface area contributed by atoms with Gasteiger partial charge in [0, 0.05) is 0 Å². The maximum absolute atomic E-state index is 12.7. The Hall–Kier alpha value is -1.52. The molecule has 0 aromatic heterocycles. The van der Waals surface area contributed by atoms with E-state index in [1.165, 1.54) is 76.3 Å². The van der Waals surface area contributed by atoms with Gasteiger partial charge in [0.15, 0.2) is 0 Å². The number of carbonyl (C=O) groups is 1. The monoisotopic (exact) mass is 452 g/mol. The Morgan fingerprint density at radius 1 is 0.844 bits per heavy atom. The van der Waals surface area contributed by atoms with E-state index in [2.05, 4.69) is 6.92 Å². The molecule has 5 heteroatoms. The number of carbonyl (C=O) groups excluding carboxylic acids is 1. The zero-order valence-corrected chi connectivity index (χ0v) is 19.5. The number of esters is 1. The molecule has 0 unspecified atom stereocenters. The van der Waals surface area contributed by atoms with Crippen LogP contribution in [-0.2, 0) is 11.0 Å². The summed E-state index contributed by atoms with van der Waals surface area (Å²) in [5, 5.41) is 0. The van der Waals surface area contributed by atoms with Crippen LogP contribution < -0.4 is 4.74 Å². The van der Waals surface area contributed by atoms with Crippen molar-refractivity contribution in [3.8, 4) is 5.75 Å². The third-order valence-corrected chi connectivity index (χ3v) is 7.78. The zero-order valence-electron chi connectivity index (χ0n) is 19.5. The maximum Gasteiger partial charge on any atom is 0.416 e. The summed E-state index contributed by atoms with van der Waals surface area (Å²) in [6, 6.07) is 4.38. The summed E-state index contributed by atoms with van der Waals surface area (Å²) in [7, 11) is 0. The lowest BCUT2D eigenvalue weighted by atomic mass is 9.68. The number of rotatable bonds is 9. The van der Waals surface area contributed by atoms with Gasteiger partial charge in [-0.1, -0.05) is 58.3 Å². The van der Waals surface area contributed by atoms with E-state index in [9.17, 15) is 18.0 Å². The van der Waals surface area contributed by atoms with Crippen LogP contribution >= 0.6 is 0 Å². The molecule has 0 spiro atoms. The van der Waals surface area contributed by atoms with Gasteiger partial charge in [0.2, 0.25) is 0 Å². The van der Waals surface area contributed by atoms with Crippen molar-refractivity contribution in [1.29, 1.82) is 0 Å². The standard InChI is InChI=1S/C27H39F3O2/c1-2-3-4-5-6-7-20-8-10-21(11-9-20)22-12-14-23(15-13-22)26(31)32-25-18-16-24(17-19-25)27(28,29)30/h16-23H,2-15H2,1H3. The second kappa shape index (κ2) is 12.1. The first kappa shape index (κ1) is 25.1. The predicted molar refractivity (Wildman–Crippen MR) is 121 cm³/mol. The number of unbranched alkanes of at least 4 members (excludes halogenated alkanes) is 4. The molecule has 0 radical (unpaired) electrons. The van der Waals surface area contributed by atoms with Crippen molar-refractivity contribution < 1.29 is 22.7 Å². The summed E-state index contributed by atoms with van der Waals surface area (Å²) in [5.74, 6) is 2.21. The van der Waals surface area contributed by atoms with E-state index >= 15 is 0 Å². The van der Waals surface area contributed by atoms with Crippen LogP contribution in [0.5, 0.6) is 5.75 Å². The molecule has 0 amide bonds. The molecular weight excluding hydrogens is 413 g/mol. The highest BCUT2D eigenvalue weighted by Gasteiger charge is 2.34. The molecule has 0 atom stereocenters. The second-order valence-corrected chi connectivity index (χ2v) is 10.0. The first-order valence-corrected chi connectivity index (χ1v) is 12.8. The van der Waals surface area contributed by atoms with Crippen molar-refractivity contribution in [3.05, 3.63) is 29.8 Å². The van der Waals surface area contributed by atoms with E-state index in [4.69, 9.17) is 4.74 Å². The Labute approximate surface area is 191 Å². The van der Waals surface area contributed by atoms with Crippen molar-refractivity contribution in [2.75, 3.05) is 0 Å². The van der Waals surface area contributed by atoms with E-state index < -0.39 is 11.7 Å². The minimum atomic E-state index is -4.38. The lowest BCUT2D eigenvalue weighted by molar-refractivity contribution is -0.140. The Morgan fingerprint density at radius 3 is 1.97 bits per heavy atom. The van der Waals surface area contributed by atoms with Crippen LogP contribution in [0.1, 0.15) is 102 Å². The minimum absolute atomic E-state index is 0.131. The van der Waals surface area contributed by atoms with Crippen molar-refractivity contribution in [1.82, 2.24) is 0 Å². The highest BCUT2D eigenvalue weighted by molar-refractivity contribution is 5.75. The van der Waals surface area contributed by atoms with Crippen LogP contribution in [0.4, 0.5) is 13.2 Å². The van der Waals surface area contributed by atoms with Gasteiger partial charge in [-0.05, 0) is 80.5 Å². The molecule has 1 aromatic rings. The van der Waals surface area contributed by atoms with Gasteiger partial charge in [-0.2, -0.15) is 13.2 Å². The Bertz CT molecular complexity index is 682. The molecule has 2 fully saturated rings. The third-order valence-electron chi connectivity index (χ3n) is 7.78. The molecule has 0 aliphatic heterocycles. The van der Waals surface area contributed by atoms with Crippen LogP contribution in [0.25, 0.3) is 0 Å². The summed E-state index contributed by atoms with van der Waals surface area (Å²) in [5.41, 5.74) is -0.732. The quantitative estimate of drug-likeness (QED) is 0.213. The van der Waals surface area contributed by atoms with E-state index in [-0.39, 0.29) is 17.6 Å². The molecule has 0 heterocycles. The van der Waals surface area contributed by atoms with Crippen molar-refractivity contribution in [3.63, 3.8) is 0 Å². The van der Waals surface area contributed by atoms with Crippen LogP contribution in [0.15, 0.2) is 24.3 Å². The number of benzene rings is 1. The summed E-state index contributed by atoms with van der Waals surface area (Å²) in [6.07, 6.45) is 13.1. The average Bonchev–Trinajstić information content (AvgIpc) is 2.79. The number of hydrogen-bond donors (Lipinski definition) is 0. The number of ether oxygens (including phenoxy) is 1. The number of halogens is 3. The fourth-order valence-electron chi connectivity index (χ4n) is 5.72. The van der Waals surface area contributed by atoms with E-state index in [0.717, 1.165) is 55.6 Å². The third kappa shape index (κ3) is 7.52. The topological polar surface area (TPSA) is 26.3 Å². The normalized spacial score (nSPS) is 26.6. The molecule has 32 heavy (non-hydrogen) atoms. The fraction of sp³-hybridized carbons (Fsp3) is 0.741. The van der Waals surface area contributed by atoms with Gasteiger partial charge < -0.3 is 4.74 Å². The van der Waals surface area contributed by atoms with Crippen molar-refractivity contribution >= 4 is 5.97 Å². The first-order chi connectivity index (χ1) is 15.4. The van der Waals surface area contributed by atoms with E-state index in [1.54, 1.807) is 0 Å². The Balaban J connectivity index is 1.35. The van der Waals surface area contributed by atoms with Gasteiger partial charge >= 0.3 is 12.1 Å². The molecule has 2 saturated carbocycles. The highest BCUT2D eigenvalue weighted by Crippen LogP contribution is 2.42. The SMILES string of the molecule is CCCCCCCC1CCC(C2CCC(C(=O)Oc3ccc(C(F)(F)F)cc3)CC2)CC1. The average molecular weight is 453 g/mol. The summed E-state index contributed by atoms with van der Waals surface area (Å²) >= 11 is 0. The molecule has 2 nitrogen and oxygen atoms in total.